The van der Waals surface area contributed by atoms with E-state index in [0.717, 1.165) is 24.3 Å². The van der Waals surface area contributed by atoms with E-state index in [4.69, 9.17) is 0 Å². The lowest BCUT2D eigenvalue weighted by molar-refractivity contribution is -0.144. The largest absolute Gasteiger partial charge is 0.481 e. The van der Waals surface area contributed by atoms with Crippen LogP contribution in [0.4, 0.5) is 0 Å². The number of nitrogens with zero attached hydrogens (tertiary/aromatic N) is 1. The van der Waals surface area contributed by atoms with Crippen molar-refractivity contribution in [1.29, 1.82) is 5.26 Å². The number of nitriles is 1. The average molecular weight is 366 g/mol. The Bertz CT molecular complexity index is 710. The zero-order valence-electron chi connectivity index (χ0n) is 16.4. The molecule has 1 aromatic rings. The maximum absolute atomic E-state index is 12.0. The third-order valence-electron chi connectivity index (χ3n) is 7.00. The molecule has 2 atom stereocenters. The van der Waals surface area contributed by atoms with Crippen molar-refractivity contribution >= 4 is 5.97 Å². The molecule has 2 unspecified atom stereocenters. The van der Waals surface area contributed by atoms with Gasteiger partial charge in [-0.15, -0.1) is 0 Å². The van der Waals surface area contributed by atoms with E-state index in [0.29, 0.717) is 18.3 Å². The predicted molar refractivity (Wildman–Crippen MR) is 107 cm³/mol. The number of allylic oxidation sites excluding steroid dienone is 2. The van der Waals surface area contributed by atoms with E-state index in [1.807, 2.05) is 37.3 Å². The summed E-state index contributed by atoms with van der Waals surface area (Å²) in [5.74, 6) is -0.634. The number of aliphatic carboxylic acids is 1. The number of fused-ring (bicyclic) bond motifs is 2. The Morgan fingerprint density at radius 2 is 2.04 bits per heavy atom. The van der Waals surface area contributed by atoms with Crippen LogP contribution in [-0.4, -0.2) is 11.1 Å². The predicted octanol–water partition coefficient (Wildman–Crippen LogP) is 5.87. The molecule has 1 N–H and O–H groups in total. The van der Waals surface area contributed by atoms with Gasteiger partial charge in [0, 0.05) is 0 Å². The molecule has 3 heteroatoms. The second-order valence-corrected chi connectivity index (χ2v) is 8.66. The van der Waals surface area contributed by atoms with Gasteiger partial charge in [-0.1, -0.05) is 55.8 Å². The fourth-order valence-corrected chi connectivity index (χ4v) is 5.45. The molecule has 0 aliphatic heterocycles. The van der Waals surface area contributed by atoms with Gasteiger partial charge in [0.15, 0.2) is 0 Å². The van der Waals surface area contributed by atoms with Crippen LogP contribution in [0.2, 0.25) is 0 Å². The minimum absolute atomic E-state index is 0.462. The molecule has 0 aromatic heterocycles. The minimum Gasteiger partial charge on any atom is -0.481 e. The Hall–Kier alpha value is -2.08. The third kappa shape index (κ3) is 3.95. The van der Waals surface area contributed by atoms with Crippen molar-refractivity contribution in [2.24, 2.45) is 17.3 Å². The first-order chi connectivity index (χ1) is 13.1. The average Bonchev–Trinajstić information content (AvgIpc) is 3.29. The van der Waals surface area contributed by atoms with Gasteiger partial charge in [0.2, 0.25) is 0 Å². The SMILES string of the molecule is CCCC(C(=O)O)C(C#N)(CC=CCC12CCC(CC1)C2)c1ccccc1. The molecule has 0 heterocycles. The summed E-state index contributed by atoms with van der Waals surface area (Å²) in [5.41, 5.74) is 0.294. The molecular formula is C24H31NO2. The number of carbonyl (C=O) groups is 1. The number of benzene rings is 1. The quantitative estimate of drug-likeness (QED) is 0.557. The summed E-state index contributed by atoms with van der Waals surface area (Å²) in [4.78, 5) is 12.0. The van der Waals surface area contributed by atoms with E-state index in [1.54, 1.807) is 0 Å². The topological polar surface area (TPSA) is 61.1 Å². The number of carboxylic acids is 1. The van der Waals surface area contributed by atoms with Crippen molar-refractivity contribution in [3.05, 3.63) is 48.0 Å². The van der Waals surface area contributed by atoms with Crippen LogP contribution in [-0.2, 0) is 10.2 Å². The Morgan fingerprint density at radius 1 is 1.33 bits per heavy atom. The summed E-state index contributed by atoms with van der Waals surface area (Å²) in [6, 6.07) is 11.9. The van der Waals surface area contributed by atoms with Gasteiger partial charge < -0.3 is 5.11 Å². The Morgan fingerprint density at radius 3 is 2.56 bits per heavy atom. The molecule has 27 heavy (non-hydrogen) atoms. The van der Waals surface area contributed by atoms with E-state index in [9.17, 15) is 15.2 Å². The molecule has 3 rings (SSSR count). The van der Waals surface area contributed by atoms with Crippen LogP contribution in [0.3, 0.4) is 0 Å². The van der Waals surface area contributed by atoms with Gasteiger partial charge in [-0.3, -0.25) is 4.79 Å². The molecule has 0 amide bonds. The lowest BCUT2D eigenvalue weighted by Gasteiger charge is -2.32. The molecule has 0 spiro atoms. The van der Waals surface area contributed by atoms with Gasteiger partial charge in [-0.2, -0.15) is 5.26 Å². The molecular weight excluding hydrogens is 334 g/mol. The molecule has 2 aliphatic rings. The van der Waals surface area contributed by atoms with Crippen LogP contribution in [0.25, 0.3) is 0 Å². The zero-order valence-corrected chi connectivity index (χ0v) is 16.4. The van der Waals surface area contributed by atoms with Crippen molar-refractivity contribution < 1.29 is 9.90 Å². The van der Waals surface area contributed by atoms with Gasteiger partial charge >= 0.3 is 5.97 Å². The van der Waals surface area contributed by atoms with Crippen LogP contribution < -0.4 is 0 Å². The first-order valence-electron chi connectivity index (χ1n) is 10.4. The fourth-order valence-electron chi connectivity index (χ4n) is 5.45. The van der Waals surface area contributed by atoms with Crippen molar-refractivity contribution in [2.75, 3.05) is 0 Å². The highest BCUT2D eigenvalue weighted by atomic mass is 16.4. The van der Waals surface area contributed by atoms with E-state index < -0.39 is 17.3 Å². The molecule has 1 aromatic carbocycles. The van der Waals surface area contributed by atoms with E-state index in [-0.39, 0.29) is 0 Å². The molecule has 0 radical (unpaired) electrons. The van der Waals surface area contributed by atoms with Gasteiger partial charge in [-0.25, -0.2) is 0 Å². The second-order valence-electron chi connectivity index (χ2n) is 8.66. The summed E-state index contributed by atoms with van der Waals surface area (Å²) >= 11 is 0. The van der Waals surface area contributed by atoms with Crippen LogP contribution in [0.5, 0.6) is 0 Å². The fraction of sp³-hybridized carbons (Fsp3) is 0.583. The highest BCUT2D eigenvalue weighted by Crippen LogP contribution is 2.56. The van der Waals surface area contributed by atoms with Gasteiger partial charge in [0.25, 0.3) is 0 Å². The molecule has 3 nitrogen and oxygen atoms in total. The van der Waals surface area contributed by atoms with Crippen molar-refractivity contribution in [2.45, 2.75) is 70.1 Å². The van der Waals surface area contributed by atoms with Crippen LogP contribution >= 0.6 is 0 Å². The van der Waals surface area contributed by atoms with Crippen molar-refractivity contribution in [1.82, 2.24) is 0 Å². The van der Waals surface area contributed by atoms with Crippen molar-refractivity contribution in [3.8, 4) is 6.07 Å². The lowest BCUT2D eigenvalue weighted by Crippen LogP contribution is -2.38. The molecule has 144 valence electrons. The van der Waals surface area contributed by atoms with E-state index in [1.165, 1.54) is 32.1 Å². The summed E-state index contributed by atoms with van der Waals surface area (Å²) in [6.07, 6.45) is 13.9. The molecule has 2 saturated carbocycles. The summed E-state index contributed by atoms with van der Waals surface area (Å²) < 4.78 is 0. The highest BCUT2D eigenvalue weighted by molar-refractivity contribution is 5.73. The molecule has 0 saturated heterocycles. The first-order valence-corrected chi connectivity index (χ1v) is 10.4. The molecule has 2 fully saturated rings. The van der Waals surface area contributed by atoms with E-state index in [2.05, 4.69) is 18.2 Å². The van der Waals surface area contributed by atoms with Crippen molar-refractivity contribution in [3.63, 3.8) is 0 Å². The summed E-state index contributed by atoms with van der Waals surface area (Å²) in [6.45, 7) is 1.98. The van der Waals surface area contributed by atoms with Crippen LogP contribution in [0.1, 0.15) is 70.3 Å². The normalized spacial score (nSPS) is 27.3. The van der Waals surface area contributed by atoms with E-state index >= 15 is 0 Å². The van der Waals surface area contributed by atoms with Gasteiger partial charge in [-0.05, 0) is 68.3 Å². The maximum atomic E-state index is 12.0. The Kier molecular flexibility index (Phi) is 6.05. The highest BCUT2D eigenvalue weighted by Gasteiger charge is 2.45. The van der Waals surface area contributed by atoms with Crippen LogP contribution in [0.15, 0.2) is 42.5 Å². The lowest BCUT2D eigenvalue weighted by atomic mass is 9.67. The Balaban J connectivity index is 1.82. The minimum atomic E-state index is -1.01. The molecule has 2 aliphatic carbocycles. The smallest absolute Gasteiger partial charge is 0.308 e. The zero-order chi connectivity index (χ0) is 19.3. The second kappa shape index (κ2) is 8.30. The number of carboxylic acid groups (broad SMARTS) is 1. The number of rotatable bonds is 9. The monoisotopic (exact) mass is 365 g/mol. The van der Waals surface area contributed by atoms with Gasteiger partial charge in [0.05, 0.1) is 17.4 Å². The summed E-state index contributed by atoms with van der Waals surface area (Å²) in [7, 11) is 0. The molecule has 2 bridgehead atoms. The van der Waals surface area contributed by atoms with Gasteiger partial charge in [0.1, 0.15) is 0 Å². The standard InChI is InChI=1S/C24H31NO2/c1-2-8-21(22(26)27)24(18-25,20-9-4-3-5-10-20)14-7-6-13-23-15-11-19(17-23)12-16-23/h3-7,9-10,19,21H,2,8,11-17H2,1H3,(H,26,27). The Labute approximate surface area is 163 Å². The third-order valence-corrected chi connectivity index (χ3v) is 7.00. The maximum Gasteiger partial charge on any atom is 0.308 e. The summed E-state index contributed by atoms with van der Waals surface area (Å²) in [5, 5.41) is 20.0. The number of hydrogen-bond acceptors (Lipinski definition) is 2. The first kappa shape index (κ1) is 19.7. The number of hydrogen-bond donors (Lipinski definition) is 1. The van der Waals surface area contributed by atoms with Crippen LogP contribution in [0, 0.1) is 28.6 Å².